The van der Waals surface area contributed by atoms with Gasteiger partial charge in [0.2, 0.25) is 16.6 Å². The van der Waals surface area contributed by atoms with Crippen molar-refractivity contribution in [2.75, 3.05) is 65.1 Å². The van der Waals surface area contributed by atoms with E-state index in [1.807, 2.05) is 36.4 Å². The summed E-state index contributed by atoms with van der Waals surface area (Å²) in [7, 11) is 1.77. The number of pyridine rings is 5. The summed E-state index contributed by atoms with van der Waals surface area (Å²) in [6, 6.07) is 42.0. The fourth-order valence-electron chi connectivity index (χ4n) is 25.9. The highest BCUT2D eigenvalue weighted by Gasteiger charge is 2.43. The topological polar surface area (TPSA) is 375 Å². The molecule has 0 amide bonds. The number of nitriles is 1. The minimum absolute atomic E-state index is 0. The molecule has 0 saturated heterocycles. The Labute approximate surface area is 878 Å². The largest absolute Gasteiger partial charge is 1.00 e. The van der Waals surface area contributed by atoms with Gasteiger partial charge in [-0.2, -0.15) is 5.26 Å². The first-order valence-electron chi connectivity index (χ1n) is 50.8. The van der Waals surface area contributed by atoms with Gasteiger partial charge in [0.1, 0.15) is 0 Å². The number of aromatic nitrogens is 5. The fourth-order valence-corrected chi connectivity index (χ4v) is 27.1. The van der Waals surface area contributed by atoms with Gasteiger partial charge < -0.3 is 76.5 Å². The van der Waals surface area contributed by atoms with Gasteiger partial charge in [0.05, 0.1) is 63.4 Å². The van der Waals surface area contributed by atoms with Gasteiger partial charge >= 0.3 is 5.97 Å². The lowest BCUT2D eigenvalue weighted by Crippen LogP contribution is -3.00. The molecule has 0 fully saturated rings. The first-order valence-corrected chi connectivity index (χ1v) is 53.6. The predicted molar refractivity (Wildman–Crippen MR) is 582 cm³/mol. The number of ether oxygens (including phenoxy) is 1. The number of carboxylic acid groups (broad SMARTS) is 3. The lowest BCUT2D eigenvalue weighted by molar-refractivity contribution is -0.360. The van der Waals surface area contributed by atoms with Crippen molar-refractivity contribution in [3.05, 3.63) is 285 Å². The van der Waals surface area contributed by atoms with Crippen molar-refractivity contribution in [1.29, 1.82) is 5.26 Å². The number of carboxylic acids is 3. The van der Waals surface area contributed by atoms with Crippen LogP contribution in [0.1, 0.15) is 261 Å². The third kappa shape index (κ3) is 23.9. The predicted octanol–water partition coefficient (Wildman–Crippen LogP) is 20.3. The highest BCUT2D eigenvalue weighted by Crippen LogP contribution is 2.55. The van der Waals surface area contributed by atoms with E-state index in [1.54, 1.807) is 12.7 Å². The highest BCUT2D eigenvalue weighted by atomic mass is 127. The van der Waals surface area contributed by atoms with Gasteiger partial charge in [0.15, 0.2) is 17.1 Å². The van der Waals surface area contributed by atoms with Crippen LogP contribution in [0.3, 0.4) is 0 Å². The van der Waals surface area contributed by atoms with Crippen LogP contribution in [0.2, 0.25) is 10.0 Å². The molecule has 144 heavy (non-hydrogen) atoms. The molecule has 12 atom stereocenters. The molecule has 12 aliphatic rings. The van der Waals surface area contributed by atoms with Crippen LogP contribution in [-0.2, 0) is 57.6 Å². The number of carbonyl (C=O) groups is 3. The number of rotatable bonds is 13. The van der Waals surface area contributed by atoms with E-state index in [0.717, 1.165) is 221 Å². The smallest absolute Gasteiger partial charge is 0.307 e. The lowest BCUT2D eigenvalue weighted by Gasteiger charge is -2.36. The Kier molecular flexibility index (Phi) is 33.9. The molecule has 7 aromatic carbocycles. The second-order valence-electron chi connectivity index (χ2n) is 41.9. The Hall–Kier alpha value is -11.2. The van der Waals surface area contributed by atoms with E-state index in [1.165, 1.54) is 172 Å². The number of halogens is 6. The zero-order chi connectivity index (χ0) is 101. The summed E-state index contributed by atoms with van der Waals surface area (Å²) >= 11 is 20.7. The number of fused-ring (bicyclic) bond motifs is 30. The minimum atomic E-state index is -1.08. The van der Waals surface area contributed by atoms with Gasteiger partial charge in [-0.15, -0.1) is 11.6 Å². The number of nitrogens with one attached hydrogen (secondary N) is 3. The lowest BCUT2D eigenvalue weighted by atomic mass is 9.69. The molecule has 0 spiro atoms. The van der Waals surface area contributed by atoms with Gasteiger partial charge in [-0.25, -0.2) is 15.0 Å². The summed E-state index contributed by atoms with van der Waals surface area (Å²) in [5, 5.41) is 45.0. The maximum absolute atomic E-state index is 12.7. The number of allylic oxidation sites excluding steroid dienone is 10. The first-order chi connectivity index (χ1) is 68.7. The third-order valence-electron chi connectivity index (χ3n) is 31.2. The molecule has 24 rings (SSSR count). The maximum Gasteiger partial charge on any atom is 0.307 e. The number of nitrogen functional groups attached to an aromatic ring is 6. The van der Waals surface area contributed by atoms with E-state index in [2.05, 4.69) is 187 Å². The van der Waals surface area contributed by atoms with E-state index < -0.39 is 17.9 Å². The van der Waals surface area contributed by atoms with Gasteiger partial charge in [0.25, 0.3) is 0 Å². The fraction of sp³-hybridized carbons (Fsp3) is 0.403. The molecule has 12 aliphatic carbocycles. The van der Waals surface area contributed by atoms with Crippen molar-refractivity contribution in [3.63, 3.8) is 0 Å². The summed E-state index contributed by atoms with van der Waals surface area (Å²) in [5.41, 5.74) is 79.1. The average Bonchev–Trinajstić information content (AvgIpc) is 0.773. The van der Waals surface area contributed by atoms with Gasteiger partial charge in [-0.05, 0) is 317 Å². The van der Waals surface area contributed by atoms with Crippen molar-refractivity contribution in [3.8, 4) is 6.07 Å². The number of aromatic amines is 3. The van der Waals surface area contributed by atoms with Crippen LogP contribution < -0.4 is 72.0 Å². The molecule has 19 nitrogen and oxygen atoms in total. The van der Waals surface area contributed by atoms with Crippen molar-refractivity contribution in [2.24, 2.45) is 35.5 Å². The quantitative estimate of drug-likeness (QED) is 0.0244. The van der Waals surface area contributed by atoms with Crippen LogP contribution >= 0.6 is 57.4 Å². The van der Waals surface area contributed by atoms with Gasteiger partial charge in [-0.1, -0.05) is 176 Å². The molecule has 0 saturated carbocycles. The Bertz CT molecular complexity index is 6910. The number of benzene rings is 7. The number of nitrogens with two attached hydrogens (primary N) is 6. The summed E-state index contributed by atoms with van der Waals surface area (Å²) in [5.74, 6) is 4.14. The molecule has 752 valence electrons. The Morgan fingerprint density at radius 2 is 0.785 bits per heavy atom. The molecular formula is C119H132Cl4FIN12O7. The van der Waals surface area contributed by atoms with E-state index in [-0.39, 0.29) is 25.5 Å². The Morgan fingerprint density at radius 3 is 1.21 bits per heavy atom. The van der Waals surface area contributed by atoms with Crippen LogP contribution in [0.15, 0.2) is 185 Å². The van der Waals surface area contributed by atoms with E-state index >= 15 is 0 Å². The van der Waals surface area contributed by atoms with Crippen LogP contribution in [0.4, 0.5) is 38.5 Å². The van der Waals surface area contributed by atoms with Crippen LogP contribution in [0.25, 0.3) is 65.3 Å². The number of anilines is 6. The van der Waals surface area contributed by atoms with Crippen LogP contribution in [-0.4, -0.2) is 63.7 Å². The molecule has 12 unspecified atom stereocenters. The van der Waals surface area contributed by atoms with Crippen molar-refractivity contribution >= 4 is 175 Å². The van der Waals surface area contributed by atoms with Crippen LogP contribution in [0.5, 0.6) is 0 Å². The molecule has 5 heterocycles. The normalized spacial score (nSPS) is 21.8. The van der Waals surface area contributed by atoms with Crippen molar-refractivity contribution in [2.45, 2.75) is 238 Å². The number of aliphatic carboxylic acids is 3. The van der Waals surface area contributed by atoms with E-state index in [0.29, 0.717) is 89.7 Å². The molecule has 0 aliphatic heterocycles. The summed E-state index contributed by atoms with van der Waals surface area (Å²) in [6.07, 6.45) is 39.2. The molecule has 16 N–H and O–H groups in total. The number of aryl methyl sites for hydroxylation is 4. The first kappa shape index (κ1) is 106. The zero-order valence-corrected chi connectivity index (χ0v) is 88.5. The summed E-state index contributed by atoms with van der Waals surface area (Å²) < 4.78 is 19.2. The van der Waals surface area contributed by atoms with Crippen LogP contribution in [0, 0.1) is 74.5 Å². The molecule has 0 radical (unpaired) electrons. The standard InChI is InChI=1S/C20H22FN.C20H24N2O.C19H18ClN3.C19H21IN2.C19H20N2O2.C18H18Cl2N2.2C2H4O2.ClH/c1-12-2-3-18-15(6-12)11-17-10-14-7-13(4-5-21)8-16(9-14)19(17)20(18)22;1-12-3-4-16-17(7-12)22-18-11-14-8-13(5-6-23-2)9-15(10-14)19(18)20(16)21;20-14-3-4-15-16(10-14)23-17-9-12-6-11(2-1-5-21)7-13(8-12)18(17)19(15)22;1-11-2-3-15-16(6-11)22-17-10-13-7-12(4-5-20)8-14(9-13)18(17)19(15)21;1-10-2-3-14-15(4-10)21-16-8-11-5-12(9-17(22)23)7-13(6-11)18(16)19(14)20;19-4-3-10-5-11-7-12(6-10)17-16(8-11)22-15-9-13(20)1-2-14(15)18(17)21;2*1-2(3)4;/h2-3,6-7,11,14,16H,4-5,8-10,22H2,1H3;3-4,7-8,14-15H,5-6,9-11H2,1-2H3,(H2,21,22);3-4,6,10,12-13H,1-2,7-9H2,(H2,22,23);2-3,6-7,13-14H,4-5,8-10H2,1H3,(H2,21,22);2-5,11,13H,6-9H2,1H3,(H2,20,21)(H,22,23);1-2,5,9,11-12H,3-4,6-8H2,(H2,21,22);2*1H3,(H,3,4);1H. The van der Waals surface area contributed by atoms with Gasteiger partial charge in [-0.3, -0.25) is 19.2 Å². The Balaban J connectivity index is 0.000000122. The monoisotopic (exact) mass is 2130 g/mol. The summed E-state index contributed by atoms with van der Waals surface area (Å²) in [6.45, 7) is 10.9. The van der Waals surface area contributed by atoms with Gasteiger partial charge in [0, 0.05) is 162 Å². The average molecular weight is 2130 g/mol. The molecule has 25 heteroatoms. The number of methoxy groups -OCH3 is 1. The molecular weight excluding hydrogens is 2000 g/mol. The highest BCUT2D eigenvalue weighted by molar-refractivity contribution is 14.1. The third-order valence-corrected chi connectivity index (χ3v) is 32.4. The van der Waals surface area contributed by atoms with E-state index in [4.69, 9.17) is 114 Å². The van der Waals surface area contributed by atoms with Crippen molar-refractivity contribution in [1.82, 2.24) is 9.97 Å². The second-order valence-corrected chi connectivity index (χ2v) is 44.3. The zero-order valence-electron chi connectivity index (χ0n) is 83.3. The molecule has 5 aromatic heterocycles. The number of nitrogens with zero attached hydrogens (tertiary/aromatic N) is 3. The number of alkyl halides is 3. The molecule has 12 aromatic rings. The minimum Gasteiger partial charge on any atom is -1.00 e. The number of H-pyrrole nitrogens is 3. The number of hydrogen-bond acceptors (Lipinski definition) is 15. The SMILES string of the molecule is CC(=O)[O-].CC(=O)[O-].COCCC1=CC2Cc3nc4cc(C)ccc4c(N)c3C(C1)C2.Cc1ccc2c(N)c3c([nH+]c2c1)CC1C=C(CC(=O)O)CC3C1.Cc1ccc2c(N)c3c(cc2c1)CC1C=C(CCF)CC3C1.Cc1ccc2c(N)c3c(nc2c1)CC1C=C(CCI)CC3C1.N#CCCC1=CC2Cc3[nH+]c4cc(Cl)ccc4c(N)c3C(C1)C2.Nc1c2c([nH+]c3cc(Cl)ccc13)CC1C=C(CCCl)CC2C1.[Cl-]. The second kappa shape index (κ2) is 46.2. The Morgan fingerprint density at radius 1 is 0.444 bits per heavy atom. The van der Waals surface area contributed by atoms with E-state index in [9.17, 15) is 9.18 Å². The maximum atomic E-state index is 12.7. The number of hydrogen-bond donors (Lipinski definition) is 7. The molecule has 12 bridgehead atoms. The van der Waals surface area contributed by atoms with Crippen molar-refractivity contribution < 1.29 is 66.2 Å². The summed E-state index contributed by atoms with van der Waals surface area (Å²) in [4.78, 5) is 49.5. The number of carbonyl (C=O) groups excluding carboxylic acids is 2.